The molecule has 4 rings (SSSR count). The van der Waals surface area contributed by atoms with Crippen molar-refractivity contribution in [3.63, 3.8) is 0 Å². The highest BCUT2D eigenvalue weighted by Crippen LogP contribution is 2.35. The Hall–Kier alpha value is -3.83. The molecular formula is C23H17BrN4O5S. The number of anilines is 1. The minimum Gasteiger partial charge on any atom is -0.493 e. The molecule has 0 fully saturated rings. The molecular weight excluding hydrogens is 524 g/mol. The third kappa shape index (κ3) is 4.75. The number of halogens is 1. The van der Waals surface area contributed by atoms with E-state index in [1.165, 1.54) is 48.9 Å². The summed E-state index contributed by atoms with van der Waals surface area (Å²) in [6.45, 7) is 0. The molecule has 9 nitrogen and oxygen atoms in total. The fourth-order valence-electron chi connectivity index (χ4n) is 3.14. The van der Waals surface area contributed by atoms with Gasteiger partial charge in [-0.05, 0) is 48.0 Å². The van der Waals surface area contributed by atoms with Crippen LogP contribution >= 0.6 is 27.3 Å². The summed E-state index contributed by atoms with van der Waals surface area (Å²) in [5, 5.41) is 16.8. The number of fused-ring (bicyclic) bond motifs is 1. The molecule has 0 radical (unpaired) electrons. The number of carbonyl (C=O) groups is 1. The van der Waals surface area contributed by atoms with E-state index in [2.05, 4.69) is 26.0 Å². The van der Waals surface area contributed by atoms with Crippen LogP contribution in [0.4, 0.5) is 10.8 Å². The highest BCUT2D eigenvalue weighted by atomic mass is 79.9. The van der Waals surface area contributed by atoms with Crippen LogP contribution in [0.3, 0.4) is 0 Å². The standard InChI is InChI=1S/C23H17BrN4O5S/c1-32-19-5-3-4-17(21(19)33-2)22(29)27(23-26-18-11-8-15(24)12-20(18)34-23)25-13-14-6-9-16(10-7-14)28(30)31/h3-13H,1-2H3/b25-13+. The van der Waals surface area contributed by atoms with E-state index in [0.29, 0.717) is 22.0 Å². The van der Waals surface area contributed by atoms with Crippen molar-refractivity contribution in [2.24, 2.45) is 5.10 Å². The van der Waals surface area contributed by atoms with Gasteiger partial charge in [-0.1, -0.05) is 33.3 Å². The topological polar surface area (TPSA) is 107 Å². The summed E-state index contributed by atoms with van der Waals surface area (Å²) in [6, 6.07) is 16.4. The zero-order valence-corrected chi connectivity index (χ0v) is 20.4. The molecule has 172 valence electrons. The first-order valence-corrected chi connectivity index (χ1v) is 11.4. The van der Waals surface area contributed by atoms with E-state index in [0.717, 1.165) is 9.17 Å². The molecule has 0 aliphatic rings. The second-order valence-electron chi connectivity index (χ2n) is 6.86. The molecule has 0 unspecified atom stereocenters. The van der Waals surface area contributed by atoms with Gasteiger partial charge in [0.25, 0.3) is 11.6 Å². The van der Waals surface area contributed by atoms with Gasteiger partial charge in [-0.2, -0.15) is 10.1 Å². The highest BCUT2D eigenvalue weighted by Gasteiger charge is 2.25. The summed E-state index contributed by atoms with van der Waals surface area (Å²) in [5.41, 5.74) is 1.49. The lowest BCUT2D eigenvalue weighted by Crippen LogP contribution is -2.26. The lowest BCUT2D eigenvalue weighted by molar-refractivity contribution is -0.384. The number of methoxy groups -OCH3 is 2. The number of hydrogen-bond acceptors (Lipinski definition) is 8. The zero-order chi connectivity index (χ0) is 24.2. The first-order chi connectivity index (χ1) is 16.4. The second kappa shape index (κ2) is 9.98. The Morgan fingerprint density at radius 3 is 2.59 bits per heavy atom. The van der Waals surface area contributed by atoms with Gasteiger partial charge in [0.2, 0.25) is 5.13 Å². The first-order valence-electron chi connectivity index (χ1n) is 9.81. The molecule has 34 heavy (non-hydrogen) atoms. The van der Waals surface area contributed by atoms with Gasteiger partial charge < -0.3 is 9.47 Å². The fraction of sp³-hybridized carbons (Fsp3) is 0.0870. The minimum atomic E-state index is -0.481. The number of benzene rings is 3. The Balaban J connectivity index is 1.79. The molecule has 1 heterocycles. The number of para-hydroxylation sites is 1. The molecule has 4 aromatic rings. The molecule has 1 aromatic heterocycles. The van der Waals surface area contributed by atoms with E-state index < -0.39 is 10.8 Å². The summed E-state index contributed by atoms with van der Waals surface area (Å²) in [4.78, 5) is 28.7. The Bertz CT molecular complexity index is 1400. The lowest BCUT2D eigenvalue weighted by atomic mass is 10.1. The number of ether oxygens (including phenoxy) is 2. The maximum absolute atomic E-state index is 13.6. The molecule has 0 spiro atoms. The molecule has 0 aliphatic carbocycles. The number of aromatic nitrogens is 1. The normalized spacial score (nSPS) is 11.0. The molecule has 11 heteroatoms. The van der Waals surface area contributed by atoms with Crippen molar-refractivity contribution < 1.29 is 19.2 Å². The quantitative estimate of drug-likeness (QED) is 0.170. The molecule has 0 atom stereocenters. The maximum Gasteiger partial charge on any atom is 0.284 e. The lowest BCUT2D eigenvalue weighted by Gasteiger charge is -2.17. The number of rotatable bonds is 7. The number of hydrazone groups is 1. The van der Waals surface area contributed by atoms with E-state index in [4.69, 9.17) is 9.47 Å². The van der Waals surface area contributed by atoms with Crippen LogP contribution in [0.1, 0.15) is 15.9 Å². The van der Waals surface area contributed by atoms with Crippen LogP contribution in [-0.4, -0.2) is 36.2 Å². The zero-order valence-electron chi connectivity index (χ0n) is 18.0. The van der Waals surface area contributed by atoms with Crippen LogP contribution in [-0.2, 0) is 0 Å². The molecule has 0 saturated carbocycles. The van der Waals surface area contributed by atoms with Crippen LogP contribution in [0.5, 0.6) is 11.5 Å². The number of non-ortho nitro benzene ring substituents is 1. The molecule has 3 aromatic carbocycles. The fourth-order valence-corrected chi connectivity index (χ4v) is 4.62. The summed E-state index contributed by atoms with van der Waals surface area (Å²) in [6.07, 6.45) is 1.44. The van der Waals surface area contributed by atoms with Crippen LogP contribution in [0, 0.1) is 10.1 Å². The molecule has 0 bridgehead atoms. The van der Waals surface area contributed by atoms with E-state index in [1.54, 1.807) is 30.3 Å². The Kier molecular flexibility index (Phi) is 6.85. The minimum absolute atomic E-state index is 0.0389. The van der Waals surface area contributed by atoms with E-state index in [1.807, 2.05) is 18.2 Å². The number of amides is 1. The van der Waals surface area contributed by atoms with Gasteiger partial charge in [0, 0.05) is 16.6 Å². The average molecular weight is 541 g/mol. The van der Waals surface area contributed by atoms with Gasteiger partial charge in [-0.3, -0.25) is 14.9 Å². The Morgan fingerprint density at radius 1 is 1.15 bits per heavy atom. The van der Waals surface area contributed by atoms with Crippen LogP contribution in [0.25, 0.3) is 10.2 Å². The predicted molar refractivity (Wildman–Crippen MR) is 134 cm³/mol. The number of carbonyl (C=O) groups excluding carboxylic acids is 1. The third-order valence-corrected chi connectivity index (χ3v) is 6.26. The summed E-state index contributed by atoms with van der Waals surface area (Å²) in [7, 11) is 2.94. The van der Waals surface area contributed by atoms with E-state index in [9.17, 15) is 14.9 Å². The summed E-state index contributed by atoms with van der Waals surface area (Å²) < 4.78 is 12.5. The highest BCUT2D eigenvalue weighted by molar-refractivity contribution is 9.10. The average Bonchev–Trinajstić information content (AvgIpc) is 3.26. The molecule has 0 N–H and O–H groups in total. The smallest absolute Gasteiger partial charge is 0.284 e. The van der Waals surface area contributed by atoms with Crippen molar-refractivity contribution in [1.82, 2.24) is 4.98 Å². The van der Waals surface area contributed by atoms with Crippen molar-refractivity contribution in [1.29, 1.82) is 0 Å². The SMILES string of the molecule is COc1cccc(C(=O)N(/N=C/c2ccc([N+](=O)[O-])cc2)c2nc3ccc(Br)cc3s2)c1OC. The summed E-state index contributed by atoms with van der Waals surface area (Å²) in [5.74, 6) is 0.197. The van der Waals surface area contributed by atoms with Crippen molar-refractivity contribution in [3.05, 3.63) is 86.4 Å². The van der Waals surface area contributed by atoms with Gasteiger partial charge in [0.05, 0.1) is 41.1 Å². The number of hydrogen-bond donors (Lipinski definition) is 0. The number of nitrogens with zero attached hydrogens (tertiary/aromatic N) is 4. The van der Waals surface area contributed by atoms with Gasteiger partial charge in [-0.25, -0.2) is 4.98 Å². The van der Waals surface area contributed by atoms with Gasteiger partial charge in [0.1, 0.15) is 0 Å². The van der Waals surface area contributed by atoms with Crippen molar-refractivity contribution in [2.75, 3.05) is 19.2 Å². The number of nitro benzene ring substituents is 1. The second-order valence-corrected chi connectivity index (χ2v) is 8.78. The van der Waals surface area contributed by atoms with Crippen molar-refractivity contribution >= 4 is 60.4 Å². The largest absolute Gasteiger partial charge is 0.493 e. The van der Waals surface area contributed by atoms with Crippen LogP contribution in [0.2, 0.25) is 0 Å². The third-order valence-electron chi connectivity index (χ3n) is 4.77. The molecule has 0 saturated heterocycles. The molecule has 0 aliphatic heterocycles. The first kappa shape index (κ1) is 23.3. The van der Waals surface area contributed by atoms with E-state index >= 15 is 0 Å². The summed E-state index contributed by atoms with van der Waals surface area (Å²) >= 11 is 4.74. The van der Waals surface area contributed by atoms with Crippen LogP contribution < -0.4 is 14.5 Å². The van der Waals surface area contributed by atoms with Crippen molar-refractivity contribution in [2.45, 2.75) is 0 Å². The Labute approximate surface area is 206 Å². The van der Waals surface area contributed by atoms with Gasteiger partial charge >= 0.3 is 0 Å². The van der Waals surface area contributed by atoms with Gasteiger partial charge in [-0.15, -0.1) is 0 Å². The Morgan fingerprint density at radius 2 is 1.91 bits per heavy atom. The predicted octanol–water partition coefficient (Wildman–Crippen LogP) is 5.67. The number of nitro groups is 1. The maximum atomic E-state index is 13.6. The number of thiazole rings is 1. The van der Waals surface area contributed by atoms with E-state index in [-0.39, 0.29) is 17.0 Å². The molecule has 1 amide bonds. The van der Waals surface area contributed by atoms with Gasteiger partial charge in [0.15, 0.2) is 11.5 Å². The van der Waals surface area contributed by atoms with Crippen molar-refractivity contribution in [3.8, 4) is 11.5 Å². The monoisotopic (exact) mass is 540 g/mol. The van der Waals surface area contributed by atoms with Crippen LogP contribution in [0.15, 0.2) is 70.2 Å².